The molecule has 0 bridgehead atoms. The Labute approximate surface area is 123 Å². The van der Waals surface area contributed by atoms with Gasteiger partial charge in [0.2, 0.25) is 0 Å². The molecule has 0 unspecified atom stereocenters. The van der Waals surface area contributed by atoms with Crippen LogP contribution in [0.2, 0.25) is 0 Å². The summed E-state index contributed by atoms with van der Waals surface area (Å²) in [6, 6.07) is 6.50. The quantitative estimate of drug-likeness (QED) is 0.780. The second-order valence-electron chi connectivity index (χ2n) is 5.31. The molecule has 0 radical (unpaired) electrons. The molecule has 0 aliphatic heterocycles. The van der Waals surface area contributed by atoms with Gasteiger partial charge in [0.15, 0.2) is 4.96 Å². The number of nitrogens with one attached hydrogen (secondary N) is 1. The van der Waals surface area contributed by atoms with Gasteiger partial charge in [-0.05, 0) is 44.9 Å². The van der Waals surface area contributed by atoms with Gasteiger partial charge in [-0.25, -0.2) is 4.98 Å². The summed E-state index contributed by atoms with van der Waals surface area (Å²) in [7, 11) is 0. The summed E-state index contributed by atoms with van der Waals surface area (Å²) in [5.41, 5.74) is 6.10. The van der Waals surface area contributed by atoms with Crippen molar-refractivity contribution < 1.29 is 0 Å². The van der Waals surface area contributed by atoms with Crippen molar-refractivity contribution in [2.75, 3.05) is 5.32 Å². The molecule has 2 aromatic heterocycles. The Morgan fingerprint density at radius 3 is 2.80 bits per heavy atom. The van der Waals surface area contributed by atoms with E-state index in [1.807, 2.05) is 0 Å². The smallest absolute Gasteiger partial charge is 0.194 e. The first-order valence-corrected chi connectivity index (χ1v) is 7.61. The Balaban J connectivity index is 1.89. The molecule has 2 heterocycles. The van der Waals surface area contributed by atoms with E-state index >= 15 is 0 Å². The van der Waals surface area contributed by atoms with Crippen LogP contribution in [0, 0.1) is 27.7 Å². The topological polar surface area (TPSA) is 29.3 Å². The molecule has 4 heteroatoms. The zero-order valence-corrected chi connectivity index (χ0v) is 13.1. The van der Waals surface area contributed by atoms with Crippen LogP contribution < -0.4 is 5.32 Å². The Hall–Kier alpha value is -1.81. The van der Waals surface area contributed by atoms with Crippen LogP contribution in [0.4, 0.5) is 5.69 Å². The number of thiazole rings is 1. The van der Waals surface area contributed by atoms with Gasteiger partial charge in [-0.1, -0.05) is 12.1 Å². The number of anilines is 1. The summed E-state index contributed by atoms with van der Waals surface area (Å²) in [6.45, 7) is 9.25. The number of aromatic nitrogens is 2. The van der Waals surface area contributed by atoms with Gasteiger partial charge in [0.25, 0.3) is 0 Å². The molecule has 0 saturated heterocycles. The number of fused-ring (bicyclic) bond motifs is 1. The van der Waals surface area contributed by atoms with Gasteiger partial charge in [0.1, 0.15) is 0 Å². The van der Waals surface area contributed by atoms with Crippen molar-refractivity contribution in [2.45, 2.75) is 34.2 Å². The molecular formula is C16H19N3S. The van der Waals surface area contributed by atoms with E-state index in [2.05, 4.69) is 66.8 Å². The summed E-state index contributed by atoms with van der Waals surface area (Å²) >= 11 is 1.74. The summed E-state index contributed by atoms with van der Waals surface area (Å²) in [5, 5.41) is 3.54. The number of aryl methyl sites for hydroxylation is 4. The molecule has 0 aliphatic rings. The molecule has 1 N–H and O–H groups in total. The molecule has 0 atom stereocenters. The molecule has 3 rings (SSSR count). The summed E-state index contributed by atoms with van der Waals surface area (Å²) in [5.74, 6) is 0. The summed E-state index contributed by atoms with van der Waals surface area (Å²) in [6.07, 6.45) is 2.17. The second-order valence-corrected chi connectivity index (χ2v) is 6.52. The van der Waals surface area contributed by atoms with Gasteiger partial charge in [0, 0.05) is 16.8 Å². The van der Waals surface area contributed by atoms with Crippen molar-refractivity contribution in [1.82, 2.24) is 9.38 Å². The summed E-state index contributed by atoms with van der Waals surface area (Å²) in [4.78, 5) is 7.00. The van der Waals surface area contributed by atoms with Gasteiger partial charge < -0.3 is 5.32 Å². The zero-order chi connectivity index (χ0) is 14.3. The molecule has 3 aromatic rings. The van der Waals surface area contributed by atoms with Gasteiger partial charge in [-0.15, -0.1) is 11.3 Å². The van der Waals surface area contributed by atoms with Crippen LogP contribution in [-0.4, -0.2) is 9.38 Å². The number of benzene rings is 1. The molecule has 0 aliphatic carbocycles. The number of nitrogens with zero attached hydrogens (tertiary/aromatic N) is 2. The van der Waals surface area contributed by atoms with Gasteiger partial charge in [-0.3, -0.25) is 4.40 Å². The molecule has 0 saturated carbocycles. The first-order valence-electron chi connectivity index (χ1n) is 6.79. The van der Waals surface area contributed by atoms with Gasteiger partial charge in [-0.2, -0.15) is 0 Å². The van der Waals surface area contributed by atoms with Gasteiger partial charge >= 0.3 is 0 Å². The second kappa shape index (κ2) is 4.94. The fourth-order valence-corrected chi connectivity index (χ4v) is 3.32. The molecule has 0 fully saturated rings. The van der Waals surface area contributed by atoms with Crippen LogP contribution >= 0.6 is 11.3 Å². The van der Waals surface area contributed by atoms with Crippen molar-refractivity contribution in [3.63, 3.8) is 0 Å². The first-order chi connectivity index (χ1) is 9.54. The van der Waals surface area contributed by atoms with Crippen LogP contribution in [0.3, 0.4) is 0 Å². The highest BCUT2D eigenvalue weighted by molar-refractivity contribution is 7.17. The molecule has 20 heavy (non-hydrogen) atoms. The van der Waals surface area contributed by atoms with Crippen LogP contribution in [-0.2, 0) is 6.54 Å². The lowest BCUT2D eigenvalue weighted by molar-refractivity contribution is 0.989. The van der Waals surface area contributed by atoms with Crippen molar-refractivity contribution in [3.8, 4) is 0 Å². The van der Waals surface area contributed by atoms with Crippen LogP contribution in [0.15, 0.2) is 24.4 Å². The van der Waals surface area contributed by atoms with Crippen molar-refractivity contribution >= 4 is 22.0 Å². The van der Waals surface area contributed by atoms with Gasteiger partial charge in [0.05, 0.1) is 17.9 Å². The molecule has 0 amide bonds. The molecule has 3 nitrogen and oxygen atoms in total. The Morgan fingerprint density at radius 1 is 1.20 bits per heavy atom. The van der Waals surface area contributed by atoms with Crippen molar-refractivity contribution in [2.24, 2.45) is 0 Å². The third-order valence-corrected chi connectivity index (χ3v) is 4.48. The molecule has 1 aromatic carbocycles. The zero-order valence-electron chi connectivity index (χ0n) is 12.3. The van der Waals surface area contributed by atoms with E-state index in [1.54, 1.807) is 11.3 Å². The predicted octanol–water partition coefficient (Wildman–Crippen LogP) is 4.24. The average Bonchev–Trinajstić information content (AvgIpc) is 2.86. The number of imidazole rings is 1. The predicted molar refractivity (Wildman–Crippen MR) is 85.8 cm³/mol. The minimum Gasteiger partial charge on any atom is -0.379 e. The van der Waals surface area contributed by atoms with Crippen LogP contribution in [0.1, 0.15) is 27.4 Å². The largest absolute Gasteiger partial charge is 0.379 e. The molecular weight excluding hydrogens is 266 g/mol. The van der Waals surface area contributed by atoms with Crippen LogP contribution in [0.25, 0.3) is 4.96 Å². The third-order valence-electron chi connectivity index (χ3n) is 3.58. The van der Waals surface area contributed by atoms with E-state index in [4.69, 9.17) is 0 Å². The monoisotopic (exact) mass is 285 g/mol. The normalized spacial score (nSPS) is 11.2. The lowest BCUT2D eigenvalue weighted by Crippen LogP contribution is -2.05. The van der Waals surface area contributed by atoms with E-state index < -0.39 is 0 Å². The third kappa shape index (κ3) is 2.31. The Morgan fingerprint density at radius 2 is 2.00 bits per heavy atom. The van der Waals surface area contributed by atoms with Crippen molar-refractivity contribution in [3.05, 3.63) is 51.8 Å². The van der Waals surface area contributed by atoms with Crippen LogP contribution in [0.5, 0.6) is 0 Å². The maximum Gasteiger partial charge on any atom is 0.194 e. The average molecular weight is 285 g/mol. The Bertz CT molecular complexity index is 767. The van der Waals surface area contributed by atoms with E-state index in [-0.39, 0.29) is 0 Å². The summed E-state index contributed by atoms with van der Waals surface area (Å²) < 4.78 is 2.20. The lowest BCUT2D eigenvalue weighted by Gasteiger charge is -2.10. The van der Waals surface area contributed by atoms with E-state index in [0.717, 1.165) is 17.2 Å². The van der Waals surface area contributed by atoms with Crippen molar-refractivity contribution in [1.29, 1.82) is 0 Å². The SMILES string of the molecule is Cc1ccc(C)c(NCc2c(C)nc3sc(C)cn23)c1. The molecule has 104 valence electrons. The fourth-order valence-electron chi connectivity index (χ4n) is 2.43. The first kappa shape index (κ1) is 13.2. The number of hydrogen-bond acceptors (Lipinski definition) is 3. The van der Waals surface area contributed by atoms with E-state index in [0.29, 0.717) is 0 Å². The highest BCUT2D eigenvalue weighted by Crippen LogP contribution is 2.22. The van der Waals surface area contributed by atoms with E-state index in [9.17, 15) is 0 Å². The lowest BCUT2D eigenvalue weighted by atomic mass is 10.1. The number of hydrogen-bond donors (Lipinski definition) is 1. The Kier molecular flexibility index (Phi) is 3.26. The van der Waals surface area contributed by atoms with E-state index in [1.165, 1.54) is 27.4 Å². The minimum atomic E-state index is 0.799. The fraction of sp³-hybridized carbons (Fsp3) is 0.312. The minimum absolute atomic E-state index is 0.799. The highest BCUT2D eigenvalue weighted by Gasteiger charge is 2.11. The maximum absolute atomic E-state index is 4.63. The maximum atomic E-state index is 4.63. The standard InChI is InChI=1S/C16H19N3S/c1-10-5-6-11(2)14(7-10)17-8-15-13(4)18-16-19(15)9-12(3)20-16/h5-7,9,17H,8H2,1-4H3. The molecule has 0 spiro atoms. The number of rotatable bonds is 3. The highest BCUT2D eigenvalue weighted by atomic mass is 32.1.